The molecule has 0 radical (unpaired) electrons. The molecular formula is C15H13Cl3FN. The summed E-state index contributed by atoms with van der Waals surface area (Å²) in [7, 11) is 0. The standard InChI is InChI=1S/C15H13Cl3FN/c16-10-5-4-9(14(18)7-10)6-11(20)8-12-13(17)2-1-3-15(12)19/h1-5,7,11H,6,8,20H2. The summed E-state index contributed by atoms with van der Waals surface area (Å²) in [6.45, 7) is 0. The van der Waals surface area contributed by atoms with E-state index in [-0.39, 0.29) is 11.9 Å². The second kappa shape index (κ2) is 6.77. The molecule has 1 nitrogen and oxygen atoms in total. The van der Waals surface area contributed by atoms with Gasteiger partial charge in [0.2, 0.25) is 0 Å². The van der Waals surface area contributed by atoms with Crippen molar-refractivity contribution in [3.8, 4) is 0 Å². The molecule has 0 aromatic heterocycles. The Hall–Kier alpha value is -0.800. The summed E-state index contributed by atoms with van der Waals surface area (Å²) < 4.78 is 13.7. The maximum atomic E-state index is 13.7. The first kappa shape index (κ1) is 15.6. The summed E-state index contributed by atoms with van der Waals surface area (Å²) in [5.41, 5.74) is 7.39. The first-order chi connectivity index (χ1) is 9.47. The first-order valence-corrected chi connectivity index (χ1v) is 7.23. The molecule has 106 valence electrons. The molecule has 1 atom stereocenters. The van der Waals surface area contributed by atoms with E-state index in [1.54, 1.807) is 24.3 Å². The van der Waals surface area contributed by atoms with Crippen LogP contribution in [0, 0.1) is 5.82 Å². The average Bonchev–Trinajstić information content (AvgIpc) is 2.37. The lowest BCUT2D eigenvalue weighted by atomic mass is 9.99. The maximum absolute atomic E-state index is 13.7. The van der Waals surface area contributed by atoms with E-state index in [4.69, 9.17) is 40.5 Å². The third kappa shape index (κ3) is 3.86. The van der Waals surface area contributed by atoms with Crippen molar-refractivity contribution >= 4 is 34.8 Å². The first-order valence-electron chi connectivity index (χ1n) is 6.09. The van der Waals surface area contributed by atoms with E-state index >= 15 is 0 Å². The second-order valence-corrected chi connectivity index (χ2v) is 5.86. The molecule has 0 fully saturated rings. The van der Waals surface area contributed by atoms with Gasteiger partial charge in [-0.3, -0.25) is 0 Å². The lowest BCUT2D eigenvalue weighted by Crippen LogP contribution is -2.26. The Morgan fingerprint density at radius 3 is 2.40 bits per heavy atom. The van der Waals surface area contributed by atoms with Gasteiger partial charge in [0.05, 0.1) is 0 Å². The van der Waals surface area contributed by atoms with Gasteiger partial charge in [-0.05, 0) is 42.7 Å². The fraction of sp³-hybridized carbons (Fsp3) is 0.200. The highest BCUT2D eigenvalue weighted by Crippen LogP contribution is 2.24. The van der Waals surface area contributed by atoms with Gasteiger partial charge in [-0.25, -0.2) is 4.39 Å². The topological polar surface area (TPSA) is 26.0 Å². The Kier molecular flexibility index (Phi) is 5.28. The monoisotopic (exact) mass is 331 g/mol. The third-order valence-corrected chi connectivity index (χ3v) is 3.97. The van der Waals surface area contributed by atoms with E-state index in [0.29, 0.717) is 33.5 Å². The van der Waals surface area contributed by atoms with Gasteiger partial charge < -0.3 is 5.73 Å². The van der Waals surface area contributed by atoms with Crippen LogP contribution in [0.2, 0.25) is 15.1 Å². The number of benzene rings is 2. The Bertz CT molecular complexity index is 596. The van der Waals surface area contributed by atoms with Crippen molar-refractivity contribution < 1.29 is 4.39 Å². The van der Waals surface area contributed by atoms with Crippen molar-refractivity contribution in [1.29, 1.82) is 0 Å². The smallest absolute Gasteiger partial charge is 0.127 e. The second-order valence-electron chi connectivity index (χ2n) is 4.60. The Balaban J connectivity index is 2.11. The molecule has 2 aromatic rings. The van der Waals surface area contributed by atoms with Gasteiger partial charge in [0.1, 0.15) is 5.82 Å². The van der Waals surface area contributed by atoms with Crippen LogP contribution in [-0.2, 0) is 12.8 Å². The fourth-order valence-corrected chi connectivity index (χ4v) is 2.76. The molecule has 5 heteroatoms. The van der Waals surface area contributed by atoms with Crippen LogP contribution >= 0.6 is 34.8 Å². The van der Waals surface area contributed by atoms with Gasteiger partial charge in [-0.2, -0.15) is 0 Å². The minimum absolute atomic E-state index is 0.275. The summed E-state index contributed by atoms with van der Waals surface area (Å²) >= 11 is 17.9. The number of nitrogens with two attached hydrogens (primary N) is 1. The van der Waals surface area contributed by atoms with Crippen LogP contribution in [0.15, 0.2) is 36.4 Å². The number of rotatable bonds is 4. The van der Waals surface area contributed by atoms with Crippen molar-refractivity contribution in [1.82, 2.24) is 0 Å². The Labute approximate surface area is 132 Å². The van der Waals surface area contributed by atoms with E-state index < -0.39 is 0 Å². The zero-order chi connectivity index (χ0) is 14.7. The van der Waals surface area contributed by atoms with Crippen LogP contribution in [0.1, 0.15) is 11.1 Å². The van der Waals surface area contributed by atoms with Crippen molar-refractivity contribution in [2.24, 2.45) is 5.73 Å². The maximum Gasteiger partial charge on any atom is 0.127 e. The summed E-state index contributed by atoms with van der Waals surface area (Å²) in [5.74, 6) is -0.338. The fourth-order valence-electron chi connectivity index (χ4n) is 2.03. The molecule has 2 rings (SSSR count). The average molecular weight is 333 g/mol. The molecule has 0 bridgehead atoms. The predicted molar refractivity (Wildman–Crippen MR) is 83.3 cm³/mol. The van der Waals surface area contributed by atoms with Crippen molar-refractivity contribution in [3.05, 3.63) is 68.4 Å². The summed E-state index contributed by atoms with van der Waals surface area (Å²) in [6.07, 6.45) is 0.880. The zero-order valence-electron chi connectivity index (χ0n) is 10.5. The van der Waals surface area contributed by atoms with Crippen LogP contribution in [0.25, 0.3) is 0 Å². The normalized spacial score (nSPS) is 12.4. The van der Waals surface area contributed by atoms with E-state index in [9.17, 15) is 4.39 Å². The van der Waals surface area contributed by atoms with E-state index in [2.05, 4.69) is 0 Å². The highest BCUT2D eigenvalue weighted by Gasteiger charge is 2.13. The zero-order valence-corrected chi connectivity index (χ0v) is 12.8. The van der Waals surface area contributed by atoms with Crippen LogP contribution in [0.5, 0.6) is 0 Å². The SMILES string of the molecule is NC(Cc1ccc(Cl)cc1Cl)Cc1c(F)cccc1Cl. The van der Waals surface area contributed by atoms with Crippen LogP contribution in [0.3, 0.4) is 0 Å². The minimum Gasteiger partial charge on any atom is -0.327 e. The van der Waals surface area contributed by atoms with Crippen LogP contribution in [-0.4, -0.2) is 6.04 Å². The molecule has 20 heavy (non-hydrogen) atoms. The molecule has 0 saturated heterocycles. The molecule has 2 aromatic carbocycles. The lowest BCUT2D eigenvalue weighted by molar-refractivity contribution is 0.584. The molecule has 0 saturated carbocycles. The summed E-state index contributed by atoms with van der Waals surface area (Å²) in [5, 5.41) is 1.53. The molecule has 0 heterocycles. The van der Waals surface area contributed by atoms with Crippen LogP contribution < -0.4 is 5.73 Å². The van der Waals surface area contributed by atoms with Crippen molar-refractivity contribution in [3.63, 3.8) is 0 Å². The molecule has 0 spiro atoms. The minimum atomic E-state index is -0.338. The number of hydrogen-bond acceptors (Lipinski definition) is 1. The largest absolute Gasteiger partial charge is 0.327 e. The lowest BCUT2D eigenvalue weighted by Gasteiger charge is -2.14. The Morgan fingerprint density at radius 2 is 1.75 bits per heavy atom. The van der Waals surface area contributed by atoms with Gasteiger partial charge in [0.25, 0.3) is 0 Å². The molecular weight excluding hydrogens is 320 g/mol. The molecule has 0 aliphatic carbocycles. The van der Waals surface area contributed by atoms with Gasteiger partial charge in [0.15, 0.2) is 0 Å². The number of hydrogen-bond donors (Lipinski definition) is 1. The summed E-state index contributed by atoms with van der Waals surface area (Å²) in [6, 6.07) is 9.58. The van der Waals surface area contributed by atoms with Gasteiger partial charge >= 0.3 is 0 Å². The molecule has 0 aliphatic rings. The molecule has 0 amide bonds. The van der Waals surface area contributed by atoms with E-state index in [1.165, 1.54) is 6.07 Å². The molecule has 0 aliphatic heterocycles. The molecule has 1 unspecified atom stereocenters. The quantitative estimate of drug-likeness (QED) is 0.847. The van der Waals surface area contributed by atoms with Gasteiger partial charge in [-0.1, -0.05) is 46.9 Å². The summed E-state index contributed by atoms with van der Waals surface area (Å²) in [4.78, 5) is 0. The van der Waals surface area contributed by atoms with E-state index in [1.807, 2.05) is 6.07 Å². The van der Waals surface area contributed by atoms with Gasteiger partial charge in [0, 0.05) is 26.7 Å². The number of halogens is 4. The van der Waals surface area contributed by atoms with Crippen molar-refractivity contribution in [2.45, 2.75) is 18.9 Å². The van der Waals surface area contributed by atoms with Crippen molar-refractivity contribution in [2.75, 3.05) is 0 Å². The van der Waals surface area contributed by atoms with Gasteiger partial charge in [-0.15, -0.1) is 0 Å². The third-order valence-electron chi connectivity index (χ3n) is 3.03. The highest BCUT2D eigenvalue weighted by molar-refractivity contribution is 6.35. The predicted octanol–water partition coefficient (Wildman–Crippen LogP) is 4.90. The Morgan fingerprint density at radius 1 is 1.00 bits per heavy atom. The van der Waals surface area contributed by atoms with Crippen LogP contribution in [0.4, 0.5) is 4.39 Å². The highest BCUT2D eigenvalue weighted by atomic mass is 35.5. The molecule has 2 N–H and O–H groups in total. The van der Waals surface area contributed by atoms with E-state index in [0.717, 1.165) is 5.56 Å².